The van der Waals surface area contributed by atoms with Gasteiger partial charge in [0, 0.05) is 18.1 Å². The van der Waals surface area contributed by atoms with Crippen LogP contribution in [0.2, 0.25) is 0 Å². The number of fused-ring (bicyclic) bond motifs is 2. The third-order valence-corrected chi connectivity index (χ3v) is 4.58. The molecule has 0 atom stereocenters. The SMILES string of the molecule is Cc1nc(-n2ccc3nc4ccn(-c5ccccc5)c(=O)c4cc3c2=O)n[nH]1. The Kier molecular flexibility index (Phi) is 3.45. The van der Waals surface area contributed by atoms with Crippen LogP contribution in [0.25, 0.3) is 33.4 Å². The number of benzene rings is 1. The maximum atomic E-state index is 13.0. The molecule has 28 heavy (non-hydrogen) atoms. The molecule has 4 aromatic heterocycles. The minimum atomic E-state index is -0.333. The standard InChI is InChI=1S/C20H14N6O2/c1-12-21-20(24-23-12)26-10-8-17-15(19(26)28)11-14-16(22-17)7-9-25(18(14)27)13-5-3-2-4-6-13/h2-11H,1H3,(H,21,23,24). The molecule has 136 valence electrons. The predicted molar refractivity (Wildman–Crippen MR) is 105 cm³/mol. The highest BCUT2D eigenvalue weighted by Crippen LogP contribution is 2.16. The summed E-state index contributed by atoms with van der Waals surface area (Å²) in [4.78, 5) is 34.7. The van der Waals surface area contributed by atoms with Crippen molar-refractivity contribution in [1.29, 1.82) is 0 Å². The normalized spacial score (nSPS) is 11.3. The molecule has 0 spiro atoms. The van der Waals surface area contributed by atoms with E-state index in [9.17, 15) is 9.59 Å². The highest BCUT2D eigenvalue weighted by molar-refractivity contribution is 5.91. The molecule has 0 bridgehead atoms. The average molecular weight is 370 g/mol. The van der Waals surface area contributed by atoms with E-state index in [-0.39, 0.29) is 17.1 Å². The first-order chi connectivity index (χ1) is 13.6. The van der Waals surface area contributed by atoms with Gasteiger partial charge in [-0.1, -0.05) is 18.2 Å². The molecule has 0 unspecified atom stereocenters. The van der Waals surface area contributed by atoms with E-state index in [4.69, 9.17) is 0 Å². The fraction of sp³-hybridized carbons (Fsp3) is 0.0500. The third-order valence-electron chi connectivity index (χ3n) is 4.58. The molecule has 0 saturated carbocycles. The molecular formula is C20H14N6O2. The summed E-state index contributed by atoms with van der Waals surface area (Å²) in [6, 6.07) is 14.4. The van der Waals surface area contributed by atoms with Gasteiger partial charge in [0.2, 0.25) is 0 Å². The van der Waals surface area contributed by atoms with E-state index in [1.165, 1.54) is 9.13 Å². The van der Waals surface area contributed by atoms with Crippen molar-refractivity contribution in [3.8, 4) is 11.6 Å². The number of nitrogens with zero attached hydrogens (tertiary/aromatic N) is 5. The zero-order valence-electron chi connectivity index (χ0n) is 14.8. The van der Waals surface area contributed by atoms with E-state index in [1.807, 2.05) is 30.3 Å². The lowest BCUT2D eigenvalue weighted by atomic mass is 10.2. The zero-order chi connectivity index (χ0) is 19.3. The van der Waals surface area contributed by atoms with Crippen LogP contribution in [-0.2, 0) is 0 Å². The van der Waals surface area contributed by atoms with Gasteiger partial charge in [-0.15, -0.1) is 5.10 Å². The second kappa shape index (κ2) is 5.98. The first-order valence-corrected chi connectivity index (χ1v) is 8.64. The molecule has 0 aliphatic carbocycles. The van der Waals surface area contributed by atoms with Gasteiger partial charge in [0.1, 0.15) is 5.82 Å². The highest BCUT2D eigenvalue weighted by Gasteiger charge is 2.12. The van der Waals surface area contributed by atoms with Gasteiger partial charge in [-0.05, 0) is 37.3 Å². The van der Waals surface area contributed by atoms with Crippen LogP contribution in [-0.4, -0.2) is 29.3 Å². The van der Waals surface area contributed by atoms with Crippen molar-refractivity contribution in [3.63, 3.8) is 0 Å². The number of rotatable bonds is 2. The van der Waals surface area contributed by atoms with Gasteiger partial charge >= 0.3 is 0 Å². The summed E-state index contributed by atoms with van der Waals surface area (Å²) in [5.74, 6) is 0.851. The van der Waals surface area contributed by atoms with Crippen molar-refractivity contribution in [2.45, 2.75) is 6.92 Å². The van der Waals surface area contributed by atoms with Crippen LogP contribution in [0.3, 0.4) is 0 Å². The predicted octanol–water partition coefficient (Wildman–Crippen LogP) is 2.12. The number of H-pyrrole nitrogens is 1. The molecule has 5 aromatic rings. The molecule has 0 aliphatic rings. The van der Waals surface area contributed by atoms with Crippen molar-refractivity contribution in [2.75, 3.05) is 0 Å². The van der Waals surface area contributed by atoms with Crippen LogP contribution < -0.4 is 11.1 Å². The maximum absolute atomic E-state index is 13.0. The molecule has 0 saturated heterocycles. The van der Waals surface area contributed by atoms with Gasteiger partial charge in [-0.3, -0.25) is 19.3 Å². The molecule has 0 amide bonds. The van der Waals surface area contributed by atoms with Crippen molar-refractivity contribution >= 4 is 21.8 Å². The molecule has 8 heteroatoms. The number of hydrogen-bond acceptors (Lipinski definition) is 5. The van der Waals surface area contributed by atoms with Crippen molar-refractivity contribution in [1.82, 2.24) is 29.3 Å². The van der Waals surface area contributed by atoms with E-state index in [2.05, 4.69) is 20.2 Å². The van der Waals surface area contributed by atoms with Crippen molar-refractivity contribution in [3.05, 3.63) is 87.5 Å². The lowest BCUT2D eigenvalue weighted by Gasteiger charge is -2.08. The summed E-state index contributed by atoms with van der Waals surface area (Å²) in [6.45, 7) is 1.75. The Hall–Kier alpha value is -4.07. The van der Waals surface area contributed by atoms with Gasteiger partial charge < -0.3 is 0 Å². The lowest BCUT2D eigenvalue weighted by molar-refractivity contribution is 0.901. The monoisotopic (exact) mass is 370 g/mol. The largest absolute Gasteiger partial charge is 0.284 e. The summed E-state index contributed by atoms with van der Waals surface area (Å²) < 4.78 is 2.87. The number of pyridine rings is 3. The lowest BCUT2D eigenvalue weighted by Crippen LogP contribution is -2.21. The van der Waals surface area contributed by atoms with Crippen LogP contribution in [0.1, 0.15) is 5.82 Å². The third kappa shape index (κ3) is 2.43. The minimum Gasteiger partial charge on any atom is -0.284 e. The summed E-state index contributed by atoms with van der Waals surface area (Å²) in [6.07, 6.45) is 3.27. The van der Waals surface area contributed by atoms with Gasteiger partial charge in [0.05, 0.1) is 21.8 Å². The molecule has 0 fully saturated rings. The summed E-state index contributed by atoms with van der Waals surface area (Å²) >= 11 is 0. The Morgan fingerprint density at radius 3 is 2.11 bits per heavy atom. The number of aromatic amines is 1. The first kappa shape index (κ1) is 16.1. The molecular weight excluding hydrogens is 356 g/mol. The summed E-state index contributed by atoms with van der Waals surface area (Å²) in [5, 5.41) is 7.45. The van der Waals surface area contributed by atoms with Crippen LogP contribution >= 0.6 is 0 Å². The molecule has 8 nitrogen and oxygen atoms in total. The Morgan fingerprint density at radius 1 is 0.821 bits per heavy atom. The van der Waals surface area contributed by atoms with E-state index < -0.39 is 0 Å². The molecule has 1 aromatic carbocycles. The number of aryl methyl sites for hydroxylation is 1. The van der Waals surface area contributed by atoms with Crippen LogP contribution in [0.15, 0.2) is 70.5 Å². The number of hydrogen-bond donors (Lipinski definition) is 1. The first-order valence-electron chi connectivity index (χ1n) is 8.64. The molecule has 1 N–H and O–H groups in total. The number of nitrogens with one attached hydrogen (secondary N) is 1. The Bertz CT molecular complexity index is 1460. The quantitative estimate of drug-likeness (QED) is 0.480. The van der Waals surface area contributed by atoms with Gasteiger partial charge in [-0.25, -0.2) is 9.55 Å². The maximum Gasteiger partial charge on any atom is 0.267 e. The fourth-order valence-electron chi connectivity index (χ4n) is 3.21. The highest BCUT2D eigenvalue weighted by atomic mass is 16.1. The van der Waals surface area contributed by atoms with Crippen molar-refractivity contribution in [2.24, 2.45) is 0 Å². The fourth-order valence-corrected chi connectivity index (χ4v) is 3.21. The zero-order valence-corrected chi connectivity index (χ0v) is 14.8. The molecule has 0 radical (unpaired) electrons. The summed E-state index contributed by atoms with van der Waals surface area (Å²) in [5.41, 5.74) is 1.23. The van der Waals surface area contributed by atoms with Crippen LogP contribution in [0.5, 0.6) is 0 Å². The average Bonchev–Trinajstić information content (AvgIpc) is 3.14. The Balaban J connectivity index is 1.79. The van der Waals surface area contributed by atoms with Gasteiger partial charge in [0.15, 0.2) is 0 Å². The molecule has 5 rings (SSSR count). The summed E-state index contributed by atoms with van der Waals surface area (Å²) in [7, 11) is 0. The number of aromatic nitrogens is 6. The van der Waals surface area contributed by atoms with Crippen LogP contribution in [0, 0.1) is 6.92 Å². The Morgan fingerprint density at radius 2 is 1.46 bits per heavy atom. The molecule has 0 aliphatic heterocycles. The van der Waals surface area contributed by atoms with Gasteiger partial charge in [0.25, 0.3) is 17.1 Å². The van der Waals surface area contributed by atoms with E-state index >= 15 is 0 Å². The minimum absolute atomic E-state index is 0.235. The number of para-hydroxylation sites is 1. The topological polar surface area (TPSA) is 98.5 Å². The Labute approximate surface area is 157 Å². The second-order valence-electron chi connectivity index (χ2n) is 6.39. The van der Waals surface area contributed by atoms with Crippen molar-refractivity contribution < 1.29 is 0 Å². The van der Waals surface area contributed by atoms with E-state index in [1.54, 1.807) is 37.5 Å². The van der Waals surface area contributed by atoms with E-state index in [0.29, 0.717) is 27.6 Å². The van der Waals surface area contributed by atoms with Crippen LogP contribution in [0.4, 0.5) is 0 Å². The molecule has 4 heterocycles. The smallest absolute Gasteiger partial charge is 0.267 e. The van der Waals surface area contributed by atoms with E-state index in [0.717, 1.165) is 5.69 Å². The van der Waals surface area contributed by atoms with Gasteiger partial charge in [-0.2, -0.15) is 4.98 Å². The second-order valence-corrected chi connectivity index (χ2v) is 6.39.